The van der Waals surface area contributed by atoms with E-state index in [1.165, 1.54) is 12.1 Å². The van der Waals surface area contributed by atoms with Crippen LogP contribution >= 0.6 is 11.6 Å². The van der Waals surface area contributed by atoms with Crippen molar-refractivity contribution in [3.05, 3.63) is 29.0 Å². The van der Waals surface area contributed by atoms with Crippen LogP contribution in [0, 0.1) is 5.82 Å². The molecule has 2 rings (SSSR count). The third-order valence-corrected chi connectivity index (χ3v) is 4.86. The Morgan fingerprint density at radius 1 is 1.50 bits per heavy atom. The third-order valence-electron chi connectivity index (χ3n) is 2.99. The molecule has 122 valence electrons. The largest absolute Gasteiger partial charge is 0.465 e. The first-order chi connectivity index (χ1) is 10.3. The molecule has 7 nitrogen and oxygen atoms in total. The van der Waals surface area contributed by atoms with E-state index >= 15 is 0 Å². The Bertz CT molecular complexity index is 670. The molecule has 1 aromatic carbocycles. The molecule has 0 aliphatic carbocycles. The molecule has 1 aromatic rings. The van der Waals surface area contributed by atoms with Crippen LogP contribution < -0.4 is 15.6 Å². The van der Waals surface area contributed by atoms with E-state index in [1.54, 1.807) is 6.92 Å². The Labute approximate surface area is 132 Å². The molecule has 0 amide bonds. The van der Waals surface area contributed by atoms with Gasteiger partial charge in [-0.1, -0.05) is 11.6 Å². The molecule has 22 heavy (non-hydrogen) atoms. The number of esters is 1. The van der Waals surface area contributed by atoms with Crippen molar-refractivity contribution >= 4 is 33.3 Å². The number of benzene rings is 1. The van der Waals surface area contributed by atoms with Crippen molar-refractivity contribution in [2.45, 2.75) is 24.8 Å². The number of ether oxygens (including phenoxy) is 1. The van der Waals surface area contributed by atoms with Gasteiger partial charge in [-0.2, -0.15) is 0 Å². The highest BCUT2D eigenvalue weighted by Crippen LogP contribution is 2.22. The topological polar surface area (TPSA) is 96.5 Å². The van der Waals surface area contributed by atoms with Gasteiger partial charge in [0.05, 0.1) is 17.3 Å². The van der Waals surface area contributed by atoms with Crippen molar-refractivity contribution in [2.75, 3.05) is 11.3 Å². The fourth-order valence-electron chi connectivity index (χ4n) is 1.92. The van der Waals surface area contributed by atoms with Gasteiger partial charge in [0, 0.05) is 6.42 Å². The summed E-state index contributed by atoms with van der Waals surface area (Å²) in [6.07, 6.45) is 0.00307. The van der Waals surface area contributed by atoms with E-state index in [-0.39, 0.29) is 23.7 Å². The van der Waals surface area contributed by atoms with Gasteiger partial charge in [0.25, 0.3) is 0 Å². The van der Waals surface area contributed by atoms with Crippen molar-refractivity contribution in [1.29, 1.82) is 0 Å². The lowest BCUT2D eigenvalue weighted by Crippen LogP contribution is -2.41. The molecule has 0 saturated carbocycles. The molecule has 1 heterocycles. The standard InChI is InChI=1S/C12H15ClFN3O4S/c1-2-21-12(18)10-6-11(16-15-10)22(19,20)17-7-3-4-9(14)8(13)5-7/h3-5,10-11,15-17H,2,6H2,1H3. The fourth-order valence-corrected chi connectivity index (χ4v) is 3.37. The maximum Gasteiger partial charge on any atom is 0.324 e. The summed E-state index contributed by atoms with van der Waals surface area (Å²) in [5, 5.41) is -1.23. The molecule has 2 atom stereocenters. The number of hydrogen-bond donors (Lipinski definition) is 3. The van der Waals surface area contributed by atoms with Crippen LogP contribution in [0.4, 0.5) is 10.1 Å². The van der Waals surface area contributed by atoms with Gasteiger partial charge in [-0.15, -0.1) is 0 Å². The Kier molecular flexibility index (Phi) is 5.22. The van der Waals surface area contributed by atoms with E-state index in [0.717, 1.165) is 6.07 Å². The number of sulfonamides is 1. The summed E-state index contributed by atoms with van der Waals surface area (Å²) >= 11 is 5.60. The lowest BCUT2D eigenvalue weighted by molar-refractivity contribution is -0.145. The molecule has 1 saturated heterocycles. The Morgan fingerprint density at radius 3 is 2.86 bits per heavy atom. The van der Waals surface area contributed by atoms with Crippen LogP contribution in [0.15, 0.2) is 18.2 Å². The van der Waals surface area contributed by atoms with Gasteiger partial charge >= 0.3 is 5.97 Å². The van der Waals surface area contributed by atoms with Crippen molar-refractivity contribution in [1.82, 2.24) is 10.9 Å². The highest BCUT2D eigenvalue weighted by Gasteiger charge is 2.37. The highest BCUT2D eigenvalue weighted by atomic mass is 35.5. The molecule has 1 aliphatic heterocycles. The Balaban J connectivity index is 2.05. The minimum atomic E-state index is -3.84. The van der Waals surface area contributed by atoms with Gasteiger partial charge in [-0.3, -0.25) is 9.52 Å². The molecule has 0 radical (unpaired) electrons. The second kappa shape index (κ2) is 6.78. The fraction of sp³-hybridized carbons (Fsp3) is 0.417. The number of carbonyl (C=O) groups excluding carboxylic acids is 1. The third kappa shape index (κ3) is 3.86. The van der Waals surface area contributed by atoms with Crippen LogP contribution in [0.2, 0.25) is 5.02 Å². The SMILES string of the molecule is CCOC(=O)C1CC(S(=O)(=O)Nc2ccc(F)c(Cl)c2)NN1. The molecule has 3 N–H and O–H groups in total. The van der Waals surface area contributed by atoms with Gasteiger partial charge < -0.3 is 4.74 Å². The van der Waals surface area contributed by atoms with Crippen molar-refractivity contribution in [2.24, 2.45) is 0 Å². The van der Waals surface area contributed by atoms with E-state index in [0.29, 0.717) is 0 Å². The lowest BCUT2D eigenvalue weighted by Gasteiger charge is -2.13. The highest BCUT2D eigenvalue weighted by molar-refractivity contribution is 7.93. The summed E-state index contributed by atoms with van der Waals surface area (Å²) in [4.78, 5) is 11.6. The monoisotopic (exact) mass is 351 g/mol. The molecule has 2 unspecified atom stereocenters. The first kappa shape index (κ1) is 16.9. The molecule has 0 aromatic heterocycles. The first-order valence-electron chi connectivity index (χ1n) is 6.48. The van der Waals surface area contributed by atoms with Crippen LogP contribution in [-0.4, -0.2) is 32.4 Å². The first-order valence-corrected chi connectivity index (χ1v) is 8.40. The van der Waals surface area contributed by atoms with Crippen LogP contribution in [0.25, 0.3) is 0 Å². The van der Waals surface area contributed by atoms with Crippen molar-refractivity contribution in [3.8, 4) is 0 Å². The van der Waals surface area contributed by atoms with E-state index < -0.39 is 33.2 Å². The maximum absolute atomic E-state index is 13.1. The van der Waals surface area contributed by atoms with Crippen molar-refractivity contribution in [3.63, 3.8) is 0 Å². The molecule has 10 heteroatoms. The maximum atomic E-state index is 13.1. The Morgan fingerprint density at radius 2 is 2.23 bits per heavy atom. The normalized spacial score (nSPS) is 21.6. The number of anilines is 1. The number of hydrazine groups is 1. The minimum absolute atomic E-state index is 0.00307. The van der Waals surface area contributed by atoms with E-state index in [9.17, 15) is 17.6 Å². The molecule has 1 fully saturated rings. The van der Waals surface area contributed by atoms with Crippen LogP contribution in [0.5, 0.6) is 0 Å². The van der Waals surface area contributed by atoms with Gasteiger partial charge in [0.1, 0.15) is 17.2 Å². The smallest absolute Gasteiger partial charge is 0.324 e. The molecule has 0 spiro atoms. The van der Waals surface area contributed by atoms with Crippen molar-refractivity contribution < 1.29 is 22.3 Å². The Hall–Kier alpha value is -1.42. The average Bonchev–Trinajstić information content (AvgIpc) is 2.93. The predicted molar refractivity (Wildman–Crippen MR) is 79.0 cm³/mol. The number of hydrogen-bond acceptors (Lipinski definition) is 6. The van der Waals surface area contributed by atoms with E-state index in [2.05, 4.69) is 15.6 Å². The van der Waals surface area contributed by atoms with E-state index in [4.69, 9.17) is 16.3 Å². The van der Waals surface area contributed by atoms with Gasteiger partial charge in [0.2, 0.25) is 10.0 Å². The number of carbonyl (C=O) groups is 1. The quantitative estimate of drug-likeness (QED) is 0.684. The van der Waals surface area contributed by atoms with E-state index in [1.807, 2.05) is 0 Å². The molecular weight excluding hydrogens is 337 g/mol. The number of nitrogens with one attached hydrogen (secondary N) is 3. The zero-order valence-corrected chi connectivity index (χ0v) is 13.2. The summed E-state index contributed by atoms with van der Waals surface area (Å²) in [5.74, 6) is -1.18. The van der Waals surface area contributed by atoms with Crippen LogP contribution in [0.1, 0.15) is 13.3 Å². The summed E-state index contributed by atoms with van der Waals surface area (Å²) in [7, 11) is -3.84. The zero-order valence-electron chi connectivity index (χ0n) is 11.6. The predicted octanol–water partition coefficient (Wildman–Crippen LogP) is 0.976. The summed E-state index contributed by atoms with van der Waals surface area (Å²) in [6.45, 7) is 1.87. The van der Waals surface area contributed by atoms with Gasteiger partial charge in [0.15, 0.2) is 0 Å². The summed E-state index contributed by atoms with van der Waals surface area (Å²) in [5.41, 5.74) is 5.23. The second-order valence-corrected chi connectivity index (χ2v) is 6.86. The molecule has 0 bridgehead atoms. The summed E-state index contributed by atoms with van der Waals surface area (Å²) in [6, 6.07) is 2.73. The average molecular weight is 352 g/mol. The zero-order chi connectivity index (χ0) is 16.3. The van der Waals surface area contributed by atoms with Crippen LogP contribution in [0.3, 0.4) is 0 Å². The van der Waals surface area contributed by atoms with Gasteiger partial charge in [-0.25, -0.2) is 23.7 Å². The number of halogens is 2. The summed E-state index contributed by atoms with van der Waals surface area (Å²) < 4.78 is 44.6. The lowest BCUT2D eigenvalue weighted by atomic mass is 10.2. The second-order valence-electron chi connectivity index (χ2n) is 4.59. The van der Waals surface area contributed by atoms with Gasteiger partial charge in [-0.05, 0) is 25.1 Å². The molecular formula is C12H15ClFN3O4S. The number of rotatable bonds is 5. The minimum Gasteiger partial charge on any atom is -0.465 e. The molecule has 1 aliphatic rings. The van der Waals surface area contributed by atoms with Crippen LogP contribution in [-0.2, 0) is 19.6 Å².